The maximum Gasteiger partial charge on any atom is 0.283 e. The van der Waals surface area contributed by atoms with Gasteiger partial charge in [-0.15, -0.1) is 0 Å². The summed E-state index contributed by atoms with van der Waals surface area (Å²) in [6.45, 7) is 2.57. The van der Waals surface area contributed by atoms with Gasteiger partial charge in [0.05, 0.1) is 13.2 Å². The summed E-state index contributed by atoms with van der Waals surface area (Å²) in [6, 6.07) is 13.9. The van der Waals surface area contributed by atoms with Gasteiger partial charge in [0.25, 0.3) is 5.91 Å². The van der Waals surface area contributed by atoms with Crippen LogP contribution < -0.4 is 5.32 Å². The van der Waals surface area contributed by atoms with Gasteiger partial charge in [-0.2, -0.15) is 0 Å². The van der Waals surface area contributed by atoms with Crippen molar-refractivity contribution in [3.63, 3.8) is 0 Å². The lowest BCUT2D eigenvalue weighted by molar-refractivity contribution is -0.111. The number of carbonyl (C=O) groups is 1. The number of nitrogens with one attached hydrogen (secondary N) is 1. The summed E-state index contributed by atoms with van der Waals surface area (Å²) in [5.74, 6) is -0.234. The summed E-state index contributed by atoms with van der Waals surface area (Å²) in [5.41, 5.74) is 0.759. The molecule has 3 rings (SSSR count). The van der Waals surface area contributed by atoms with Crippen molar-refractivity contribution < 1.29 is 9.53 Å². The van der Waals surface area contributed by atoms with Gasteiger partial charge in [0.2, 0.25) is 0 Å². The molecule has 0 spiro atoms. The third-order valence-corrected chi connectivity index (χ3v) is 3.94. The molecule has 0 saturated carbocycles. The maximum absolute atomic E-state index is 12.2. The van der Waals surface area contributed by atoms with Gasteiger partial charge in [0, 0.05) is 18.8 Å². The number of fused-ring (bicyclic) bond motifs is 1. The quantitative estimate of drug-likeness (QED) is 0.821. The number of thiocarbonyl (C=S) groups is 1. The van der Waals surface area contributed by atoms with E-state index in [2.05, 4.69) is 5.32 Å². The number of rotatable bonds is 1. The zero-order valence-electron chi connectivity index (χ0n) is 11.5. The van der Waals surface area contributed by atoms with Crippen LogP contribution >= 0.6 is 12.2 Å². The van der Waals surface area contributed by atoms with Gasteiger partial charge < -0.3 is 15.0 Å². The number of hydrogen-bond acceptors (Lipinski definition) is 3. The van der Waals surface area contributed by atoms with E-state index in [9.17, 15) is 4.79 Å². The highest BCUT2D eigenvalue weighted by Crippen LogP contribution is 2.19. The molecule has 0 bridgehead atoms. The fraction of sp³-hybridized carbons (Fsp3) is 0.250. The average Bonchev–Trinajstić information content (AvgIpc) is 2.55. The Morgan fingerprint density at radius 2 is 1.81 bits per heavy atom. The van der Waals surface area contributed by atoms with E-state index < -0.39 is 0 Å². The molecular formula is C16H16N2O2S. The maximum atomic E-state index is 12.2. The van der Waals surface area contributed by atoms with Crippen molar-refractivity contribution in [2.75, 3.05) is 31.6 Å². The van der Waals surface area contributed by atoms with Crippen LogP contribution in [-0.4, -0.2) is 42.1 Å². The number of hydrogen-bond donors (Lipinski definition) is 1. The second kappa shape index (κ2) is 6.20. The highest BCUT2D eigenvalue weighted by Gasteiger charge is 2.19. The SMILES string of the molecule is O=C(Nc1ccc2ccccc2c1)C(=S)N1CCOCC1. The molecule has 0 unspecified atom stereocenters. The number of morpholine rings is 1. The van der Waals surface area contributed by atoms with Gasteiger partial charge in [-0.1, -0.05) is 42.5 Å². The molecule has 0 atom stereocenters. The fourth-order valence-corrected chi connectivity index (χ4v) is 2.60. The third-order valence-electron chi connectivity index (χ3n) is 3.50. The summed E-state index contributed by atoms with van der Waals surface area (Å²) >= 11 is 5.25. The molecule has 4 nitrogen and oxygen atoms in total. The first kappa shape index (κ1) is 14.0. The normalized spacial score (nSPS) is 15.0. The van der Waals surface area contributed by atoms with E-state index in [1.807, 2.05) is 47.4 Å². The minimum Gasteiger partial charge on any atom is -0.378 e. The lowest BCUT2D eigenvalue weighted by Crippen LogP contribution is -2.44. The fourth-order valence-electron chi connectivity index (χ4n) is 2.36. The average molecular weight is 300 g/mol. The molecule has 21 heavy (non-hydrogen) atoms. The smallest absolute Gasteiger partial charge is 0.283 e. The van der Waals surface area contributed by atoms with E-state index >= 15 is 0 Å². The van der Waals surface area contributed by atoms with Crippen LogP contribution in [-0.2, 0) is 9.53 Å². The molecule has 1 heterocycles. The highest BCUT2D eigenvalue weighted by atomic mass is 32.1. The van der Waals surface area contributed by atoms with E-state index in [1.54, 1.807) is 0 Å². The topological polar surface area (TPSA) is 41.6 Å². The van der Waals surface area contributed by atoms with Crippen molar-refractivity contribution in [1.29, 1.82) is 0 Å². The summed E-state index contributed by atoms with van der Waals surface area (Å²) in [5, 5.41) is 5.10. The highest BCUT2D eigenvalue weighted by molar-refractivity contribution is 7.82. The first-order valence-electron chi connectivity index (χ1n) is 6.91. The molecular weight excluding hydrogens is 284 g/mol. The van der Waals surface area contributed by atoms with Gasteiger partial charge in [0.1, 0.15) is 0 Å². The Labute approximate surface area is 128 Å². The van der Waals surface area contributed by atoms with Gasteiger partial charge in [0.15, 0.2) is 4.99 Å². The van der Waals surface area contributed by atoms with Crippen molar-refractivity contribution in [3.05, 3.63) is 42.5 Å². The Morgan fingerprint density at radius 3 is 2.57 bits per heavy atom. The van der Waals surface area contributed by atoms with Gasteiger partial charge in [-0.05, 0) is 22.9 Å². The molecule has 1 amide bonds. The largest absolute Gasteiger partial charge is 0.378 e. The molecule has 1 aliphatic heterocycles. The van der Waals surface area contributed by atoms with Crippen LogP contribution in [0.4, 0.5) is 5.69 Å². The zero-order valence-corrected chi connectivity index (χ0v) is 12.4. The van der Waals surface area contributed by atoms with Crippen LogP contribution in [0.15, 0.2) is 42.5 Å². The number of ether oxygens (including phenoxy) is 1. The van der Waals surface area contributed by atoms with Crippen molar-refractivity contribution in [1.82, 2.24) is 4.90 Å². The van der Waals surface area contributed by atoms with E-state index in [0.29, 0.717) is 31.3 Å². The summed E-state index contributed by atoms with van der Waals surface area (Å²) in [4.78, 5) is 14.4. The standard InChI is InChI=1S/C16H16N2O2S/c19-15(16(21)18-7-9-20-10-8-18)17-14-6-5-12-3-1-2-4-13(12)11-14/h1-6,11H,7-10H2,(H,17,19). The van der Waals surface area contributed by atoms with E-state index in [1.165, 1.54) is 0 Å². The van der Waals surface area contributed by atoms with Gasteiger partial charge in [-0.25, -0.2) is 0 Å². The minimum absolute atomic E-state index is 0.234. The molecule has 1 fully saturated rings. The number of carbonyl (C=O) groups excluding carboxylic acids is 1. The van der Waals surface area contributed by atoms with Gasteiger partial charge in [-0.3, -0.25) is 4.79 Å². The first-order valence-corrected chi connectivity index (χ1v) is 7.32. The Kier molecular flexibility index (Phi) is 4.13. The van der Waals surface area contributed by atoms with Gasteiger partial charge >= 0.3 is 0 Å². The molecule has 1 aliphatic rings. The predicted octanol–water partition coefficient (Wildman–Crippen LogP) is 2.44. The van der Waals surface area contributed by atoms with Crippen molar-refractivity contribution in [2.24, 2.45) is 0 Å². The molecule has 1 N–H and O–H groups in total. The van der Waals surface area contributed by atoms with Crippen LogP contribution in [0.5, 0.6) is 0 Å². The molecule has 0 aliphatic carbocycles. The molecule has 5 heteroatoms. The zero-order chi connectivity index (χ0) is 14.7. The van der Waals surface area contributed by atoms with Crippen LogP contribution in [0.2, 0.25) is 0 Å². The third kappa shape index (κ3) is 3.20. The van der Waals surface area contributed by atoms with E-state index in [-0.39, 0.29) is 5.91 Å². The number of anilines is 1. The summed E-state index contributed by atoms with van der Waals surface area (Å²) in [7, 11) is 0. The Hall–Kier alpha value is -1.98. The summed E-state index contributed by atoms with van der Waals surface area (Å²) < 4.78 is 5.26. The van der Waals surface area contributed by atoms with Crippen molar-refractivity contribution >= 4 is 39.6 Å². The minimum atomic E-state index is -0.234. The molecule has 2 aromatic carbocycles. The second-order valence-electron chi connectivity index (χ2n) is 4.92. The van der Waals surface area contributed by atoms with Crippen molar-refractivity contribution in [3.8, 4) is 0 Å². The Balaban J connectivity index is 1.71. The number of benzene rings is 2. The second-order valence-corrected chi connectivity index (χ2v) is 5.31. The number of nitrogens with zero attached hydrogens (tertiary/aromatic N) is 1. The lowest BCUT2D eigenvalue weighted by atomic mass is 10.1. The molecule has 0 radical (unpaired) electrons. The summed E-state index contributed by atoms with van der Waals surface area (Å²) in [6.07, 6.45) is 0. The predicted molar refractivity (Wildman–Crippen MR) is 87.6 cm³/mol. The Bertz CT molecular complexity index is 681. The lowest BCUT2D eigenvalue weighted by Gasteiger charge is -2.28. The number of amides is 1. The van der Waals surface area contributed by atoms with E-state index in [4.69, 9.17) is 17.0 Å². The molecule has 108 valence electrons. The molecule has 2 aromatic rings. The van der Waals surface area contributed by atoms with E-state index in [0.717, 1.165) is 16.5 Å². The molecule has 0 aromatic heterocycles. The van der Waals surface area contributed by atoms with Crippen LogP contribution in [0.3, 0.4) is 0 Å². The first-order chi connectivity index (χ1) is 10.2. The molecule has 1 saturated heterocycles. The Morgan fingerprint density at radius 1 is 1.10 bits per heavy atom. The monoisotopic (exact) mass is 300 g/mol. The van der Waals surface area contributed by atoms with Crippen molar-refractivity contribution in [2.45, 2.75) is 0 Å². The van der Waals surface area contributed by atoms with Crippen LogP contribution in [0.25, 0.3) is 10.8 Å². The van der Waals surface area contributed by atoms with Crippen LogP contribution in [0.1, 0.15) is 0 Å². The van der Waals surface area contributed by atoms with Crippen LogP contribution in [0, 0.1) is 0 Å².